The highest BCUT2D eigenvalue weighted by Gasteiger charge is 2.02. The SMILES string of the molecule is CCOC(=O)COc1ccc(CC#N)cc1. The highest BCUT2D eigenvalue weighted by molar-refractivity contribution is 5.71. The van der Waals surface area contributed by atoms with Crippen molar-refractivity contribution in [3.8, 4) is 11.8 Å². The molecule has 0 aliphatic carbocycles. The van der Waals surface area contributed by atoms with Crippen molar-refractivity contribution in [2.45, 2.75) is 13.3 Å². The Kier molecular flexibility index (Phi) is 4.87. The van der Waals surface area contributed by atoms with Gasteiger partial charge in [-0.25, -0.2) is 4.79 Å². The van der Waals surface area contributed by atoms with Crippen molar-refractivity contribution in [1.29, 1.82) is 5.26 Å². The van der Waals surface area contributed by atoms with E-state index >= 15 is 0 Å². The molecule has 16 heavy (non-hydrogen) atoms. The van der Waals surface area contributed by atoms with E-state index in [1.807, 2.05) is 0 Å². The first kappa shape index (κ1) is 12.1. The number of benzene rings is 1. The van der Waals surface area contributed by atoms with Crippen LogP contribution in [0.3, 0.4) is 0 Å². The fraction of sp³-hybridized carbons (Fsp3) is 0.333. The van der Waals surface area contributed by atoms with Crippen LogP contribution in [0, 0.1) is 11.3 Å². The summed E-state index contributed by atoms with van der Waals surface area (Å²) in [5, 5.41) is 8.48. The van der Waals surface area contributed by atoms with Gasteiger partial charge in [0.05, 0.1) is 19.1 Å². The average molecular weight is 219 g/mol. The van der Waals surface area contributed by atoms with Gasteiger partial charge in [0.25, 0.3) is 0 Å². The Morgan fingerprint density at radius 3 is 2.62 bits per heavy atom. The normalized spacial score (nSPS) is 9.25. The fourth-order valence-corrected chi connectivity index (χ4v) is 1.14. The van der Waals surface area contributed by atoms with Crippen LogP contribution in [0.4, 0.5) is 0 Å². The summed E-state index contributed by atoms with van der Waals surface area (Å²) in [7, 11) is 0. The second kappa shape index (κ2) is 6.46. The van der Waals surface area contributed by atoms with E-state index < -0.39 is 0 Å². The van der Waals surface area contributed by atoms with Crippen LogP contribution in [0.2, 0.25) is 0 Å². The largest absolute Gasteiger partial charge is 0.482 e. The van der Waals surface area contributed by atoms with Crippen molar-refractivity contribution in [2.75, 3.05) is 13.2 Å². The third-order valence-corrected chi connectivity index (χ3v) is 1.87. The van der Waals surface area contributed by atoms with E-state index in [0.717, 1.165) is 5.56 Å². The second-order valence-electron chi connectivity index (χ2n) is 3.07. The second-order valence-corrected chi connectivity index (χ2v) is 3.07. The first-order valence-corrected chi connectivity index (χ1v) is 5.00. The van der Waals surface area contributed by atoms with E-state index in [4.69, 9.17) is 14.7 Å². The number of ether oxygens (including phenoxy) is 2. The molecule has 0 fully saturated rings. The highest BCUT2D eigenvalue weighted by Crippen LogP contribution is 2.12. The molecule has 84 valence electrons. The number of esters is 1. The Labute approximate surface area is 94.4 Å². The zero-order chi connectivity index (χ0) is 11.8. The first-order valence-electron chi connectivity index (χ1n) is 5.00. The summed E-state index contributed by atoms with van der Waals surface area (Å²) in [6, 6.07) is 9.10. The van der Waals surface area contributed by atoms with Gasteiger partial charge in [0.1, 0.15) is 5.75 Å². The first-order chi connectivity index (χ1) is 7.76. The minimum Gasteiger partial charge on any atom is -0.482 e. The zero-order valence-electron chi connectivity index (χ0n) is 9.10. The Morgan fingerprint density at radius 2 is 2.06 bits per heavy atom. The smallest absolute Gasteiger partial charge is 0.344 e. The molecular formula is C12H13NO3. The van der Waals surface area contributed by atoms with Gasteiger partial charge in [0.15, 0.2) is 6.61 Å². The number of nitriles is 1. The molecule has 1 rings (SSSR count). The molecule has 0 N–H and O–H groups in total. The van der Waals surface area contributed by atoms with Crippen LogP contribution in [-0.4, -0.2) is 19.2 Å². The average Bonchev–Trinajstić information content (AvgIpc) is 2.29. The summed E-state index contributed by atoms with van der Waals surface area (Å²) in [5.74, 6) is 0.207. The summed E-state index contributed by atoms with van der Waals surface area (Å²) >= 11 is 0. The van der Waals surface area contributed by atoms with Crippen LogP contribution in [-0.2, 0) is 16.0 Å². The number of hydrogen-bond acceptors (Lipinski definition) is 4. The van der Waals surface area contributed by atoms with Crippen molar-refractivity contribution in [2.24, 2.45) is 0 Å². The Morgan fingerprint density at radius 1 is 1.38 bits per heavy atom. The molecule has 0 bridgehead atoms. The van der Waals surface area contributed by atoms with E-state index in [-0.39, 0.29) is 12.6 Å². The zero-order valence-corrected chi connectivity index (χ0v) is 9.10. The molecule has 0 heterocycles. The van der Waals surface area contributed by atoms with Gasteiger partial charge in [-0.15, -0.1) is 0 Å². The quantitative estimate of drug-likeness (QED) is 0.707. The molecule has 0 saturated heterocycles. The molecular weight excluding hydrogens is 206 g/mol. The molecule has 1 aromatic rings. The Hall–Kier alpha value is -2.02. The molecule has 0 radical (unpaired) electrons. The van der Waals surface area contributed by atoms with Crippen LogP contribution < -0.4 is 4.74 Å². The van der Waals surface area contributed by atoms with Crippen molar-refractivity contribution < 1.29 is 14.3 Å². The lowest BCUT2D eigenvalue weighted by molar-refractivity contribution is -0.145. The van der Waals surface area contributed by atoms with Crippen LogP contribution in [0.15, 0.2) is 24.3 Å². The number of carbonyl (C=O) groups is 1. The molecule has 4 heteroatoms. The molecule has 0 atom stereocenters. The van der Waals surface area contributed by atoms with Gasteiger partial charge in [0.2, 0.25) is 0 Å². The molecule has 0 aromatic heterocycles. The van der Waals surface area contributed by atoms with Gasteiger partial charge in [-0.3, -0.25) is 0 Å². The Balaban J connectivity index is 2.43. The van der Waals surface area contributed by atoms with Gasteiger partial charge in [0, 0.05) is 0 Å². The summed E-state index contributed by atoms with van der Waals surface area (Å²) in [4.78, 5) is 11.0. The molecule has 0 unspecified atom stereocenters. The van der Waals surface area contributed by atoms with E-state index in [9.17, 15) is 4.79 Å². The molecule has 0 aliphatic heterocycles. The third kappa shape index (κ3) is 4.01. The summed E-state index contributed by atoms with van der Waals surface area (Å²) in [5.41, 5.74) is 0.922. The van der Waals surface area contributed by atoms with Crippen LogP contribution in [0.1, 0.15) is 12.5 Å². The number of rotatable bonds is 5. The fourth-order valence-electron chi connectivity index (χ4n) is 1.14. The molecule has 1 aromatic carbocycles. The van der Waals surface area contributed by atoms with Crippen LogP contribution in [0.5, 0.6) is 5.75 Å². The summed E-state index contributed by atoms with van der Waals surface area (Å²) in [6.45, 7) is 2.00. The number of carbonyl (C=O) groups excluding carboxylic acids is 1. The predicted molar refractivity (Wildman–Crippen MR) is 57.9 cm³/mol. The van der Waals surface area contributed by atoms with Crippen molar-refractivity contribution in [3.05, 3.63) is 29.8 Å². The molecule has 0 amide bonds. The Bertz CT molecular complexity index is 378. The third-order valence-electron chi connectivity index (χ3n) is 1.87. The van der Waals surface area contributed by atoms with Crippen LogP contribution >= 0.6 is 0 Å². The van der Waals surface area contributed by atoms with E-state index in [2.05, 4.69) is 6.07 Å². The maximum absolute atomic E-state index is 11.0. The van der Waals surface area contributed by atoms with Crippen molar-refractivity contribution >= 4 is 5.97 Å². The minimum atomic E-state index is -0.386. The van der Waals surface area contributed by atoms with Crippen LogP contribution in [0.25, 0.3) is 0 Å². The minimum absolute atomic E-state index is 0.0918. The van der Waals surface area contributed by atoms with E-state index in [0.29, 0.717) is 18.8 Å². The maximum atomic E-state index is 11.0. The van der Waals surface area contributed by atoms with E-state index in [1.165, 1.54) is 0 Å². The summed E-state index contributed by atoms with van der Waals surface area (Å²) in [6.07, 6.45) is 0.373. The monoisotopic (exact) mass is 219 g/mol. The molecule has 4 nitrogen and oxygen atoms in total. The summed E-state index contributed by atoms with van der Waals surface area (Å²) < 4.78 is 9.91. The van der Waals surface area contributed by atoms with Gasteiger partial charge < -0.3 is 9.47 Å². The van der Waals surface area contributed by atoms with Gasteiger partial charge in [-0.1, -0.05) is 12.1 Å². The maximum Gasteiger partial charge on any atom is 0.344 e. The van der Waals surface area contributed by atoms with Gasteiger partial charge in [-0.2, -0.15) is 5.26 Å². The lowest BCUT2D eigenvalue weighted by atomic mass is 10.2. The molecule has 0 aliphatic rings. The lowest BCUT2D eigenvalue weighted by Crippen LogP contribution is -2.14. The highest BCUT2D eigenvalue weighted by atomic mass is 16.6. The number of hydrogen-bond donors (Lipinski definition) is 0. The predicted octanol–water partition coefficient (Wildman–Crippen LogP) is 1.69. The van der Waals surface area contributed by atoms with Gasteiger partial charge in [-0.05, 0) is 24.6 Å². The number of nitrogens with zero attached hydrogens (tertiary/aromatic N) is 1. The van der Waals surface area contributed by atoms with Gasteiger partial charge >= 0.3 is 5.97 Å². The lowest BCUT2D eigenvalue weighted by Gasteiger charge is -2.05. The molecule has 0 spiro atoms. The standard InChI is InChI=1S/C12H13NO3/c1-2-15-12(14)9-16-11-5-3-10(4-6-11)7-8-13/h3-6H,2,7,9H2,1H3. The van der Waals surface area contributed by atoms with E-state index in [1.54, 1.807) is 31.2 Å². The van der Waals surface area contributed by atoms with Crippen molar-refractivity contribution in [1.82, 2.24) is 0 Å². The van der Waals surface area contributed by atoms with Crippen molar-refractivity contribution in [3.63, 3.8) is 0 Å². The molecule has 0 saturated carbocycles. The topological polar surface area (TPSA) is 59.3 Å².